The molecule has 0 radical (unpaired) electrons. The summed E-state index contributed by atoms with van der Waals surface area (Å²) in [4.78, 5) is 25.5. The van der Waals surface area contributed by atoms with Gasteiger partial charge in [0, 0.05) is 30.7 Å². The Hall–Kier alpha value is -2.62. The van der Waals surface area contributed by atoms with E-state index in [1.807, 2.05) is 0 Å². The lowest BCUT2D eigenvalue weighted by Gasteiger charge is -2.28. The maximum absolute atomic E-state index is 13.5. The number of carbonyl (C=O) groups is 2. The molecule has 1 atom stereocenters. The van der Waals surface area contributed by atoms with Gasteiger partial charge in [0.25, 0.3) is 0 Å². The van der Waals surface area contributed by atoms with E-state index in [9.17, 15) is 18.0 Å². The molecule has 1 heterocycles. The Balaban J connectivity index is 1.90. The van der Waals surface area contributed by atoms with Gasteiger partial charge in [0.1, 0.15) is 0 Å². The minimum Gasteiger partial charge on any atom is -0.465 e. The topological polar surface area (TPSA) is 93.2 Å². The zero-order valence-electron chi connectivity index (χ0n) is 17.9. The Morgan fingerprint density at radius 1 is 1.12 bits per heavy atom. The maximum Gasteiger partial charge on any atom is 0.409 e. The van der Waals surface area contributed by atoms with Gasteiger partial charge in [0.2, 0.25) is 10.0 Å². The number of amides is 1. The van der Waals surface area contributed by atoms with Crippen LogP contribution in [0.1, 0.15) is 29.3 Å². The number of benzene rings is 2. The number of esters is 1. The highest BCUT2D eigenvalue weighted by Crippen LogP contribution is 2.27. The van der Waals surface area contributed by atoms with E-state index in [1.54, 1.807) is 31.2 Å². The minimum atomic E-state index is -3.89. The molecule has 0 aliphatic carbocycles. The van der Waals surface area contributed by atoms with E-state index >= 15 is 0 Å². The summed E-state index contributed by atoms with van der Waals surface area (Å²) in [6.45, 7) is 2.68. The number of sulfonamides is 1. The van der Waals surface area contributed by atoms with E-state index in [2.05, 4.69) is 0 Å². The fourth-order valence-corrected chi connectivity index (χ4v) is 5.31. The fraction of sp³-hybridized carbons (Fsp3) is 0.364. The summed E-state index contributed by atoms with van der Waals surface area (Å²) >= 11 is 5.93. The number of nitrogens with zero attached hydrogens (tertiary/aromatic N) is 2. The van der Waals surface area contributed by atoms with Crippen molar-refractivity contribution in [3.05, 3.63) is 64.7 Å². The zero-order chi connectivity index (χ0) is 23.3. The smallest absolute Gasteiger partial charge is 0.409 e. The quantitative estimate of drug-likeness (QED) is 0.562. The molecule has 1 amide bonds. The number of likely N-dealkylation sites (tertiary alicyclic amines) is 1. The Morgan fingerprint density at radius 3 is 2.38 bits per heavy atom. The van der Waals surface area contributed by atoms with Crippen molar-refractivity contribution in [3.63, 3.8) is 0 Å². The first-order chi connectivity index (χ1) is 15.3. The molecule has 172 valence electrons. The van der Waals surface area contributed by atoms with E-state index in [-0.39, 0.29) is 24.6 Å². The van der Waals surface area contributed by atoms with Crippen LogP contribution in [0.4, 0.5) is 4.79 Å². The molecule has 8 nitrogen and oxygen atoms in total. The summed E-state index contributed by atoms with van der Waals surface area (Å²) in [5.74, 6) is -0.469. The van der Waals surface area contributed by atoms with Gasteiger partial charge >= 0.3 is 12.1 Å². The summed E-state index contributed by atoms with van der Waals surface area (Å²) in [6, 6.07) is 12.1. The van der Waals surface area contributed by atoms with Crippen LogP contribution < -0.4 is 0 Å². The average Bonchev–Trinajstić information content (AvgIpc) is 3.27. The van der Waals surface area contributed by atoms with Crippen molar-refractivity contribution in [2.24, 2.45) is 0 Å². The summed E-state index contributed by atoms with van der Waals surface area (Å²) < 4.78 is 38.2. The second-order valence-corrected chi connectivity index (χ2v) is 9.61. The van der Waals surface area contributed by atoms with E-state index in [4.69, 9.17) is 21.1 Å². The van der Waals surface area contributed by atoms with Gasteiger partial charge in [0.05, 0.1) is 24.2 Å². The third-order valence-corrected chi connectivity index (χ3v) is 7.39. The van der Waals surface area contributed by atoms with E-state index in [1.165, 1.54) is 40.6 Å². The van der Waals surface area contributed by atoms with Crippen LogP contribution in [0.3, 0.4) is 0 Å². The summed E-state index contributed by atoms with van der Waals surface area (Å²) in [6.07, 6.45) is 0.0209. The molecule has 2 aromatic carbocycles. The van der Waals surface area contributed by atoms with Crippen molar-refractivity contribution in [1.82, 2.24) is 9.21 Å². The van der Waals surface area contributed by atoms with E-state index in [0.29, 0.717) is 29.1 Å². The minimum absolute atomic E-state index is 0.0771. The molecular weight excluding hydrogens is 456 g/mol. The van der Waals surface area contributed by atoms with Crippen LogP contribution in [-0.2, 0) is 26.0 Å². The normalized spacial score (nSPS) is 16.2. The summed E-state index contributed by atoms with van der Waals surface area (Å²) in [7, 11) is -2.59. The average molecular weight is 481 g/mol. The zero-order valence-corrected chi connectivity index (χ0v) is 19.4. The molecule has 1 fully saturated rings. The van der Waals surface area contributed by atoms with Crippen molar-refractivity contribution in [2.75, 3.05) is 26.8 Å². The highest BCUT2D eigenvalue weighted by Gasteiger charge is 2.37. The second kappa shape index (κ2) is 10.3. The molecule has 0 bridgehead atoms. The molecule has 0 saturated carbocycles. The van der Waals surface area contributed by atoms with Crippen LogP contribution in [0.15, 0.2) is 53.4 Å². The first-order valence-electron chi connectivity index (χ1n) is 10.1. The Labute approximate surface area is 192 Å². The molecule has 1 aliphatic heterocycles. The third kappa shape index (κ3) is 5.40. The van der Waals surface area contributed by atoms with Gasteiger partial charge < -0.3 is 14.4 Å². The molecule has 3 rings (SSSR count). The number of rotatable bonds is 7. The van der Waals surface area contributed by atoms with Gasteiger partial charge in [-0.15, -0.1) is 0 Å². The van der Waals surface area contributed by atoms with Crippen LogP contribution in [-0.4, -0.2) is 62.5 Å². The van der Waals surface area contributed by atoms with Crippen LogP contribution >= 0.6 is 11.6 Å². The van der Waals surface area contributed by atoms with Gasteiger partial charge in [-0.25, -0.2) is 18.0 Å². The Kier molecular flexibility index (Phi) is 7.76. The predicted molar refractivity (Wildman–Crippen MR) is 119 cm³/mol. The number of hydrogen-bond donors (Lipinski definition) is 0. The van der Waals surface area contributed by atoms with Crippen molar-refractivity contribution >= 4 is 33.7 Å². The van der Waals surface area contributed by atoms with E-state index < -0.39 is 28.1 Å². The van der Waals surface area contributed by atoms with Gasteiger partial charge in [-0.1, -0.05) is 23.7 Å². The third-order valence-electron chi connectivity index (χ3n) is 5.23. The Morgan fingerprint density at radius 2 is 1.78 bits per heavy atom. The van der Waals surface area contributed by atoms with Crippen molar-refractivity contribution in [3.8, 4) is 0 Å². The molecule has 2 aromatic rings. The van der Waals surface area contributed by atoms with Crippen molar-refractivity contribution in [1.29, 1.82) is 0 Å². The number of carbonyl (C=O) groups excluding carboxylic acids is 2. The largest absolute Gasteiger partial charge is 0.465 e. The number of halogens is 1. The van der Waals surface area contributed by atoms with Crippen molar-refractivity contribution < 1.29 is 27.5 Å². The van der Waals surface area contributed by atoms with Crippen LogP contribution in [0.2, 0.25) is 5.02 Å². The molecule has 0 N–H and O–H groups in total. The maximum atomic E-state index is 13.5. The van der Waals surface area contributed by atoms with Gasteiger partial charge in [-0.05, 0) is 55.3 Å². The SMILES string of the molecule is CCOC(=O)N1CCC(N(Cc2ccc(C(=O)OC)cc2)S(=O)(=O)c2ccc(Cl)cc2)C1. The fourth-order valence-electron chi connectivity index (χ4n) is 3.55. The van der Waals surface area contributed by atoms with Crippen LogP contribution in [0.25, 0.3) is 0 Å². The first-order valence-corrected chi connectivity index (χ1v) is 11.9. The van der Waals surface area contributed by atoms with Gasteiger partial charge in [-0.3, -0.25) is 0 Å². The number of ether oxygens (including phenoxy) is 2. The Bertz CT molecular complexity index is 1060. The molecule has 0 aromatic heterocycles. The van der Waals surface area contributed by atoms with Crippen LogP contribution in [0.5, 0.6) is 0 Å². The highest BCUT2D eigenvalue weighted by molar-refractivity contribution is 7.89. The molecular formula is C22H25ClN2O6S. The lowest BCUT2D eigenvalue weighted by molar-refractivity contribution is 0.0600. The molecule has 1 saturated heterocycles. The predicted octanol–water partition coefficient (Wildman–Crippen LogP) is 3.55. The molecule has 10 heteroatoms. The standard InChI is InChI=1S/C22H25ClN2O6S/c1-3-31-22(27)24-13-12-19(15-24)25(32(28,29)20-10-8-18(23)9-11-20)14-16-4-6-17(7-5-16)21(26)30-2/h4-11,19H,3,12-15H2,1-2H3. The summed E-state index contributed by atoms with van der Waals surface area (Å²) in [5, 5.41) is 0.434. The number of methoxy groups -OCH3 is 1. The molecule has 0 spiro atoms. The molecule has 32 heavy (non-hydrogen) atoms. The molecule has 1 aliphatic rings. The first kappa shape index (κ1) is 24.0. The van der Waals surface area contributed by atoms with Gasteiger partial charge in [0.15, 0.2) is 0 Å². The highest BCUT2D eigenvalue weighted by atomic mass is 35.5. The molecule has 1 unspecified atom stereocenters. The lowest BCUT2D eigenvalue weighted by atomic mass is 10.1. The summed E-state index contributed by atoms with van der Waals surface area (Å²) in [5.41, 5.74) is 1.07. The monoisotopic (exact) mass is 480 g/mol. The second-order valence-electron chi connectivity index (χ2n) is 7.28. The number of hydrogen-bond acceptors (Lipinski definition) is 6. The van der Waals surface area contributed by atoms with Crippen LogP contribution in [0, 0.1) is 0 Å². The van der Waals surface area contributed by atoms with Crippen molar-refractivity contribution in [2.45, 2.75) is 30.8 Å². The lowest BCUT2D eigenvalue weighted by Crippen LogP contribution is -2.42. The van der Waals surface area contributed by atoms with Gasteiger partial charge in [-0.2, -0.15) is 4.31 Å². The van der Waals surface area contributed by atoms with E-state index in [0.717, 1.165) is 0 Å².